The van der Waals surface area contributed by atoms with Crippen molar-refractivity contribution in [2.24, 2.45) is 5.41 Å². The van der Waals surface area contributed by atoms with E-state index in [-0.39, 0.29) is 11.9 Å². The van der Waals surface area contributed by atoms with Crippen molar-refractivity contribution in [2.75, 3.05) is 7.11 Å². The second-order valence-corrected chi connectivity index (χ2v) is 5.30. The van der Waals surface area contributed by atoms with Gasteiger partial charge in [-0.1, -0.05) is 30.3 Å². The Morgan fingerprint density at radius 3 is 2.63 bits per heavy atom. The van der Waals surface area contributed by atoms with Crippen LogP contribution in [0, 0.1) is 5.41 Å². The Hall–Kier alpha value is -1.84. The number of rotatable bonds is 3. The summed E-state index contributed by atoms with van der Waals surface area (Å²) >= 11 is 0. The fourth-order valence-electron chi connectivity index (χ4n) is 2.71. The number of amides is 1. The van der Waals surface area contributed by atoms with Crippen LogP contribution in [0.2, 0.25) is 0 Å². The molecule has 0 unspecified atom stereocenters. The first-order valence-electron chi connectivity index (χ1n) is 6.42. The van der Waals surface area contributed by atoms with Gasteiger partial charge < -0.3 is 9.64 Å². The zero-order chi connectivity index (χ0) is 14.0. The maximum atomic E-state index is 12.5. The predicted molar refractivity (Wildman–Crippen MR) is 71.2 cm³/mol. The van der Waals surface area contributed by atoms with E-state index in [2.05, 4.69) is 0 Å². The molecule has 2 rings (SSSR count). The third kappa shape index (κ3) is 2.35. The van der Waals surface area contributed by atoms with Crippen LogP contribution in [0.4, 0.5) is 0 Å². The van der Waals surface area contributed by atoms with E-state index in [1.807, 2.05) is 37.3 Å². The fraction of sp³-hybridized carbons (Fsp3) is 0.467. The molecule has 2 atom stereocenters. The van der Waals surface area contributed by atoms with E-state index in [0.29, 0.717) is 13.0 Å². The lowest BCUT2D eigenvalue weighted by molar-refractivity contribution is -0.157. The Labute approximate surface area is 113 Å². The second-order valence-electron chi connectivity index (χ2n) is 5.30. The molecule has 1 heterocycles. The molecule has 0 saturated carbocycles. The number of carbonyl (C=O) groups excluding carboxylic acids is 2. The van der Waals surface area contributed by atoms with Crippen LogP contribution in [-0.2, 0) is 20.9 Å². The maximum Gasteiger partial charge on any atom is 0.321 e. The van der Waals surface area contributed by atoms with Crippen LogP contribution in [0.15, 0.2) is 30.3 Å². The topological polar surface area (TPSA) is 46.6 Å². The van der Waals surface area contributed by atoms with E-state index < -0.39 is 11.4 Å². The lowest BCUT2D eigenvalue weighted by atomic mass is 9.87. The Morgan fingerprint density at radius 2 is 2.05 bits per heavy atom. The molecule has 4 nitrogen and oxygen atoms in total. The van der Waals surface area contributed by atoms with Crippen LogP contribution in [0.25, 0.3) is 0 Å². The van der Waals surface area contributed by atoms with E-state index in [0.717, 1.165) is 5.56 Å². The van der Waals surface area contributed by atoms with Gasteiger partial charge in [-0.05, 0) is 25.8 Å². The van der Waals surface area contributed by atoms with Crippen molar-refractivity contribution in [2.45, 2.75) is 32.9 Å². The van der Waals surface area contributed by atoms with Gasteiger partial charge in [-0.3, -0.25) is 9.59 Å². The molecular formula is C15H19NO3. The summed E-state index contributed by atoms with van der Waals surface area (Å²) in [5.41, 5.74) is 0.0278. The van der Waals surface area contributed by atoms with Gasteiger partial charge >= 0.3 is 5.97 Å². The number of methoxy groups -OCH3 is 1. The van der Waals surface area contributed by atoms with Crippen molar-refractivity contribution < 1.29 is 14.3 Å². The average molecular weight is 261 g/mol. The molecule has 0 spiro atoms. The minimum Gasteiger partial charge on any atom is -0.468 e. The first kappa shape index (κ1) is 13.6. The molecule has 0 radical (unpaired) electrons. The van der Waals surface area contributed by atoms with Gasteiger partial charge in [-0.2, -0.15) is 0 Å². The zero-order valence-corrected chi connectivity index (χ0v) is 11.6. The Kier molecular flexibility index (Phi) is 3.60. The monoisotopic (exact) mass is 261 g/mol. The van der Waals surface area contributed by atoms with Crippen molar-refractivity contribution >= 4 is 11.9 Å². The van der Waals surface area contributed by atoms with Gasteiger partial charge in [-0.15, -0.1) is 0 Å². The first-order valence-corrected chi connectivity index (χ1v) is 6.42. The van der Waals surface area contributed by atoms with Crippen molar-refractivity contribution in [3.8, 4) is 0 Å². The van der Waals surface area contributed by atoms with Crippen LogP contribution in [0.3, 0.4) is 0 Å². The lowest BCUT2D eigenvalue weighted by Crippen LogP contribution is -2.39. The summed E-state index contributed by atoms with van der Waals surface area (Å²) in [5.74, 6) is -0.587. The normalized spacial score (nSPS) is 26.6. The highest BCUT2D eigenvalue weighted by Gasteiger charge is 2.52. The average Bonchev–Trinajstić information content (AvgIpc) is 2.64. The third-order valence-electron chi connectivity index (χ3n) is 3.80. The van der Waals surface area contributed by atoms with Gasteiger partial charge in [0.1, 0.15) is 5.41 Å². The standard InChI is InChI=1S/C15H19NO3/c1-11-9-15(2,14(18)19-3)13(17)16(11)10-12-7-5-4-6-8-12/h4-8,11H,9-10H2,1-3H3/t11-,15+/m0/s1. The lowest BCUT2D eigenvalue weighted by Gasteiger charge is -2.23. The summed E-state index contributed by atoms with van der Waals surface area (Å²) in [5, 5.41) is 0. The molecule has 0 aromatic heterocycles. The minimum absolute atomic E-state index is 0.0387. The Balaban J connectivity index is 2.20. The Morgan fingerprint density at radius 1 is 1.42 bits per heavy atom. The molecule has 1 fully saturated rings. The number of carbonyl (C=O) groups is 2. The molecule has 0 N–H and O–H groups in total. The molecule has 1 aromatic carbocycles. The van der Waals surface area contributed by atoms with E-state index >= 15 is 0 Å². The summed E-state index contributed by atoms with van der Waals surface area (Å²) in [4.78, 5) is 26.0. The van der Waals surface area contributed by atoms with Gasteiger partial charge in [0.05, 0.1) is 7.11 Å². The molecule has 1 aromatic rings. The molecule has 1 amide bonds. The second kappa shape index (κ2) is 5.03. The number of ether oxygens (including phenoxy) is 1. The van der Waals surface area contributed by atoms with E-state index in [9.17, 15) is 9.59 Å². The van der Waals surface area contributed by atoms with Crippen molar-refractivity contribution in [3.05, 3.63) is 35.9 Å². The van der Waals surface area contributed by atoms with Gasteiger partial charge in [0.15, 0.2) is 0 Å². The number of likely N-dealkylation sites (tertiary alicyclic amines) is 1. The minimum atomic E-state index is -1.04. The highest BCUT2D eigenvalue weighted by Crippen LogP contribution is 2.37. The van der Waals surface area contributed by atoms with Gasteiger partial charge in [0, 0.05) is 12.6 Å². The van der Waals surface area contributed by atoms with Crippen molar-refractivity contribution in [1.29, 1.82) is 0 Å². The van der Waals surface area contributed by atoms with Crippen molar-refractivity contribution in [1.82, 2.24) is 4.90 Å². The molecule has 0 bridgehead atoms. The van der Waals surface area contributed by atoms with Gasteiger partial charge in [0.25, 0.3) is 0 Å². The SMILES string of the molecule is COC(=O)[C@]1(C)C[C@H](C)N(Cc2ccccc2)C1=O. The van der Waals surface area contributed by atoms with Crippen LogP contribution < -0.4 is 0 Å². The van der Waals surface area contributed by atoms with E-state index in [1.54, 1.807) is 11.8 Å². The smallest absolute Gasteiger partial charge is 0.321 e. The Bertz CT molecular complexity index is 485. The summed E-state index contributed by atoms with van der Waals surface area (Å²) in [6.07, 6.45) is 0.505. The van der Waals surface area contributed by atoms with Crippen LogP contribution in [0.5, 0.6) is 0 Å². The third-order valence-corrected chi connectivity index (χ3v) is 3.80. The summed E-state index contributed by atoms with van der Waals surface area (Å²) in [7, 11) is 1.32. The molecular weight excluding hydrogens is 242 g/mol. The van der Waals surface area contributed by atoms with Crippen LogP contribution >= 0.6 is 0 Å². The van der Waals surface area contributed by atoms with Gasteiger partial charge in [0.2, 0.25) is 5.91 Å². The zero-order valence-electron chi connectivity index (χ0n) is 11.6. The van der Waals surface area contributed by atoms with Crippen molar-refractivity contribution in [3.63, 3.8) is 0 Å². The maximum absolute atomic E-state index is 12.5. The predicted octanol–water partition coefficient (Wildman–Crippen LogP) is 1.99. The molecule has 19 heavy (non-hydrogen) atoms. The molecule has 102 valence electrons. The largest absolute Gasteiger partial charge is 0.468 e. The number of esters is 1. The summed E-state index contributed by atoms with van der Waals surface area (Å²) in [6, 6.07) is 9.83. The van der Waals surface area contributed by atoms with E-state index in [1.165, 1.54) is 7.11 Å². The molecule has 1 aliphatic rings. The molecule has 1 saturated heterocycles. The van der Waals surface area contributed by atoms with Gasteiger partial charge in [-0.25, -0.2) is 0 Å². The first-order chi connectivity index (χ1) is 8.99. The molecule has 0 aliphatic carbocycles. The number of nitrogens with zero attached hydrogens (tertiary/aromatic N) is 1. The van der Waals surface area contributed by atoms with Crippen LogP contribution in [0.1, 0.15) is 25.8 Å². The van der Waals surface area contributed by atoms with Crippen LogP contribution in [-0.4, -0.2) is 29.9 Å². The number of hydrogen-bond donors (Lipinski definition) is 0. The molecule has 4 heteroatoms. The number of benzene rings is 1. The summed E-state index contributed by atoms with van der Waals surface area (Å²) < 4.78 is 4.77. The fourth-order valence-corrected chi connectivity index (χ4v) is 2.71. The van der Waals surface area contributed by atoms with E-state index in [4.69, 9.17) is 4.74 Å². The quantitative estimate of drug-likeness (QED) is 0.617. The number of hydrogen-bond acceptors (Lipinski definition) is 3. The highest BCUT2D eigenvalue weighted by atomic mass is 16.5. The molecule has 1 aliphatic heterocycles. The summed E-state index contributed by atoms with van der Waals surface area (Å²) in [6.45, 7) is 4.17. The highest BCUT2D eigenvalue weighted by molar-refractivity contribution is 6.03.